The Morgan fingerprint density at radius 2 is 2.27 bits per heavy atom. The minimum Gasteiger partial charge on any atom is -0.335 e. The molecule has 0 bridgehead atoms. The molecule has 0 aliphatic carbocycles. The van der Waals surface area contributed by atoms with Crippen LogP contribution in [0.2, 0.25) is 0 Å². The number of likely N-dealkylation sites (N-methyl/N-ethyl adjacent to an activating group) is 1. The number of thioether (sulfide) groups is 1. The first-order valence-corrected chi connectivity index (χ1v) is 4.70. The maximum Gasteiger partial charge on any atom is 0.219 e. The summed E-state index contributed by atoms with van der Waals surface area (Å²) in [7, 11) is 1.64. The third-order valence-electron chi connectivity index (χ3n) is 1.49. The van der Waals surface area contributed by atoms with E-state index in [0.29, 0.717) is 5.75 Å². The summed E-state index contributed by atoms with van der Waals surface area (Å²) in [6.07, 6.45) is 2.71. The molecular formula is C7H13NO2S. The Hall–Kier alpha value is -0.510. The highest BCUT2D eigenvalue weighted by atomic mass is 32.2. The van der Waals surface area contributed by atoms with Crippen molar-refractivity contribution in [2.24, 2.45) is 0 Å². The van der Waals surface area contributed by atoms with E-state index in [-0.39, 0.29) is 11.9 Å². The van der Waals surface area contributed by atoms with Gasteiger partial charge in [-0.1, -0.05) is 0 Å². The van der Waals surface area contributed by atoms with Crippen LogP contribution in [0.4, 0.5) is 0 Å². The molecule has 0 saturated heterocycles. The van der Waals surface area contributed by atoms with E-state index >= 15 is 0 Å². The molecule has 0 aliphatic heterocycles. The number of carbonyl (C=O) groups is 2. The van der Waals surface area contributed by atoms with Gasteiger partial charge in [-0.15, -0.1) is 0 Å². The van der Waals surface area contributed by atoms with Crippen molar-refractivity contribution < 1.29 is 9.59 Å². The molecule has 1 unspecified atom stereocenters. The molecule has 1 atom stereocenters. The summed E-state index contributed by atoms with van der Waals surface area (Å²) in [6, 6.07) is -0.275. The van der Waals surface area contributed by atoms with E-state index in [4.69, 9.17) is 0 Å². The maximum absolute atomic E-state index is 10.8. The average Bonchev–Trinajstić information content (AvgIpc) is 1.98. The van der Waals surface area contributed by atoms with Gasteiger partial charge in [0.05, 0.1) is 6.04 Å². The predicted molar refractivity (Wildman–Crippen MR) is 46.7 cm³/mol. The molecule has 0 rings (SSSR count). The fourth-order valence-corrected chi connectivity index (χ4v) is 1.29. The molecule has 11 heavy (non-hydrogen) atoms. The van der Waals surface area contributed by atoms with Crippen LogP contribution in [-0.2, 0) is 9.59 Å². The molecule has 0 aromatic carbocycles. The lowest BCUT2D eigenvalue weighted by molar-refractivity contribution is -0.132. The van der Waals surface area contributed by atoms with Gasteiger partial charge < -0.3 is 9.69 Å². The lowest BCUT2D eigenvalue weighted by atomic mass is 10.3. The Morgan fingerprint density at radius 1 is 1.73 bits per heavy atom. The Bertz CT molecular complexity index is 149. The lowest BCUT2D eigenvalue weighted by Crippen LogP contribution is -2.38. The zero-order valence-corrected chi connectivity index (χ0v) is 7.85. The molecule has 0 radical (unpaired) electrons. The average molecular weight is 175 g/mol. The van der Waals surface area contributed by atoms with Crippen LogP contribution < -0.4 is 0 Å². The number of amides is 1. The highest BCUT2D eigenvalue weighted by Crippen LogP contribution is 2.01. The van der Waals surface area contributed by atoms with Gasteiger partial charge in [-0.25, -0.2) is 0 Å². The van der Waals surface area contributed by atoms with Gasteiger partial charge in [-0.3, -0.25) is 4.79 Å². The number of hydrogen-bond acceptors (Lipinski definition) is 3. The fraction of sp³-hybridized carbons (Fsp3) is 0.714. The molecule has 0 N–H and O–H groups in total. The third-order valence-corrected chi connectivity index (χ3v) is 2.16. The zero-order valence-electron chi connectivity index (χ0n) is 7.03. The standard InChI is InChI=1S/C7H13NO2S/c1-6(10)8(2)7(4-9)5-11-3/h4,7H,5H2,1-3H3. The van der Waals surface area contributed by atoms with Crippen LogP contribution in [-0.4, -0.2) is 42.2 Å². The van der Waals surface area contributed by atoms with Gasteiger partial charge in [0, 0.05) is 19.7 Å². The van der Waals surface area contributed by atoms with Crippen molar-refractivity contribution in [1.29, 1.82) is 0 Å². The monoisotopic (exact) mass is 175 g/mol. The minimum atomic E-state index is -0.275. The first kappa shape index (κ1) is 10.5. The molecule has 1 amide bonds. The SMILES string of the molecule is CSCC(C=O)N(C)C(C)=O. The molecule has 0 fully saturated rings. The normalized spacial score (nSPS) is 12.3. The van der Waals surface area contributed by atoms with Crippen LogP contribution >= 0.6 is 11.8 Å². The van der Waals surface area contributed by atoms with Gasteiger partial charge in [-0.2, -0.15) is 11.8 Å². The van der Waals surface area contributed by atoms with E-state index < -0.39 is 0 Å². The summed E-state index contributed by atoms with van der Waals surface area (Å²) in [5.74, 6) is 0.593. The number of aldehydes is 1. The van der Waals surface area contributed by atoms with Crippen LogP contribution in [0.5, 0.6) is 0 Å². The van der Waals surface area contributed by atoms with Crippen molar-refractivity contribution in [2.75, 3.05) is 19.1 Å². The van der Waals surface area contributed by atoms with E-state index in [1.54, 1.807) is 18.8 Å². The Balaban J connectivity index is 4.01. The number of carbonyl (C=O) groups excluding carboxylic acids is 2. The highest BCUT2D eigenvalue weighted by molar-refractivity contribution is 7.98. The summed E-state index contributed by atoms with van der Waals surface area (Å²) >= 11 is 1.55. The predicted octanol–water partition coefficient (Wildman–Crippen LogP) is 0.395. The van der Waals surface area contributed by atoms with Gasteiger partial charge in [-0.05, 0) is 6.26 Å². The summed E-state index contributed by atoms with van der Waals surface area (Å²) in [6.45, 7) is 1.46. The Kier molecular flexibility index (Phi) is 4.94. The Morgan fingerprint density at radius 3 is 2.55 bits per heavy atom. The van der Waals surface area contributed by atoms with Gasteiger partial charge in [0.15, 0.2) is 0 Å². The second kappa shape index (κ2) is 5.18. The number of rotatable bonds is 4. The minimum absolute atomic E-state index is 0.0730. The van der Waals surface area contributed by atoms with Crippen molar-refractivity contribution in [3.8, 4) is 0 Å². The van der Waals surface area contributed by atoms with E-state index in [9.17, 15) is 9.59 Å². The molecular weight excluding hydrogens is 162 g/mol. The van der Waals surface area contributed by atoms with Crippen molar-refractivity contribution in [3.63, 3.8) is 0 Å². The van der Waals surface area contributed by atoms with Crippen LogP contribution in [0.1, 0.15) is 6.92 Å². The molecule has 0 saturated carbocycles. The quantitative estimate of drug-likeness (QED) is 0.580. The molecule has 0 aliphatic rings. The number of hydrogen-bond donors (Lipinski definition) is 0. The van der Waals surface area contributed by atoms with Gasteiger partial charge >= 0.3 is 0 Å². The fourth-order valence-electron chi connectivity index (χ4n) is 0.647. The molecule has 3 nitrogen and oxygen atoms in total. The van der Waals surface area contributed by atoms with E-state index in [2.05, 4.69) is 0 Å². The van der Waals surface area contributed by atoms with Crippen molar-refractivity contribution >= 4 is 24.0 Å². The first-order chi connectivity index (χ1) is 5.13. The molecule has 0 spiro atoms. The van der Waals surface area contributed by atoms with E-state index in [1.807, 2.05) is 6.26 Å². The van der Waals surface area contributed by atoms with E-state index in [1.165, 1.54) is 11.8 Å². The summed E-state index contributed by atoms with van der Waals surface area (Å²) < 4.78 is 0. The molecule has 0 aromatic rings. The number of nitrogens with zero attached hydrogens (tertiary/aromatic N) is 1. The smallest absolute Gasteiger partial charge is 0.219 e. The van der Waals surface area contributed by atoms with Gasteiger partial charge in [0.1, 0.15) is 6.29 Å². The van der Waals surface area contributed by atoms with Crippen LogP contribution in [0.15, 0.2) is 0 Å². The first-order valence-electron chi connectivity index (χ1n) is 3.31. The van der Waals surface area contributed by atoms with E-state index in [0.717, 1.165) is 6.29 Å². The van der Waals surface area contributed by atoms with Crippen molar-refractivity contribution in [3.05, 3.63) is 0 Å². The molecule has 0 aromatic heterocycles. The summed E-state index contributed by atoms with van der Waals surface area (Å²) in [5, 5.41) is 0. The highest BCUT2D eigenvalue weighted by Gasteiger charge is 2.14. The summed E-state index contributed by atoms with van der Waals surface area (Å²) in [5.41, 5.74) is 0. The second-order valence-corrected chi connectivity index (χ2v) is 3.20. The maximum atomic E-state index is 10.8. The largest absolute Gasteiger partial charge is 0.335 e. The van der Waals surface area contributed by atoms with Gasteiger partial charge in [0.25, 0.3) is 0 Å². The molecule has 0 heterocycles. The van der Waals surface area contributed by atoms with Crippen molar-refractivity contribution in [1.82, 2.24) is 4.90 Å². The molecule has 64 valence electrons. The van der Waals surface area contributed by atoms with Crippen LogP contribution in [0, 0.1) is 0 Å². The van der Waals surface area contributed by atoms with Crippen LogP contribution in [0.25, 0.3) is 0 Å². The second-order valence-electron chi connectivity index (χ2n) is 2.29. The third kappa shape index (κ3) is 3.41. The zero-order chi connectivity index (χ0) is 8.85. The lowest BCUT2D eigenvalue weighted by Gasteiger charge is -2.20. The molecule has 4 heteroatoms. The Labute approximate surface area is 71.1 Å². The van der Waals surface area contributed by atoms with Gasteiger partial charge in [0.2, 0.25) is 5.91 Å². The summed E-state index contributed by atoms with van der Waals surface area (Å²) in [4.78, 5) is 22.7. The van der Waals surface area contributed by atoms with Crippen molar-refractivity contribution in [2.45, 2.75) is 13.0 Å². The topological polar surface area (TPSA) is 37.4 Å². The van der Waals surface area contributed by atoms with Crippen LogP contribution in [0.3, 0.4) is 0 Å².